The fraction of sp³-hybridized carbons (Fsp3) is 0.611. The molecule has 0 spiro atoms. The number of ether oxygens (including phenoxy) is 1. The van der Waals surface area contributed by atoms with Crippen LogP contribution in [-0.2, 0) is 14.8 Å². The fourth-order valence-electron chi connectivity index (χ4n) is 2.93. The first-order chi connectivity index (χ1) is 11.8. The van der Waals surface area contributed by atoms with Gasteiger partial charge in [0, 0.05) is 13.1 Å². The number of rotatable bonds is 7. The summed E-state index contributed by atoms with van der Waals surface area (Å²) in [5, 5.41) is 2.94. The number of aryl methyl sites for hydroxylation is 1. The highest BCUT2D eigenvalue weighted by Gasteiger charge is 2.31. The van der Waals surface area contributed by atoms with Gasteiger partial charge in [0.1, 0.15) is 12.4 Å². The second-order valence-electron chi connectivity index (χ2n) is 6.58. The third-order valence-corrected chi connectivity index (χ3v) is 6.33. The number of amides is 1. The third kappa shape index (κ3) is 5.44. The van der Waals surface area contributed by atoms with Gasteiger partial charge >= 0.3 is 0 Å². The highest BCUT2D eigenvalue weighted by atomic mass is 32.2. The van der Waals surface area contributed by atoms with Gasteiger partial charge in [-0.3, -0.25) is 4.79 Å². The minimum atomic E-state index is -3.24. The Labute approximate surface area is 150 Å². The van der Waals surface area contributed by atoms with E-state index < -0.39 is 10.0 Å². The van der Waals surface area contributed by atoms with Crippen molar-refractivity contribution >= 4 is 15.9 Å². The molecule has 1 heterocycles. The number of para-hydroxylation sites is 1. The van der Waals surface area contributed by atoms with Crippen LogP contribution in [0.1, 0.15) is 32.3 Å². The minimum Gasteiger partial charge on any atom is -0.491 e. The van der Waals surface area contributed by atoms with Crippen LogP contribution >= 0.6 is 0 Å². The van der Waals surface area contributed by atoms with Crippen LogP contribution in [0.4, 0.5) is 0 Å². The third-order valence-electron chi connectivity index (χ3n) is 4.48. The van der Waals surface area contributed by atoms with E-state index in [-0.39, 0.29) is 30.2 Å². The molecule has 0 aliphatic carbocycles. The first kappa shape index (κ1) is 19.7. The summed E-state index contributed by atoms with van der Waals surface area (Å²) >= 11 is 0. The van der Waals surface area contributed by atoms with Crippen molar-refractivity contribution in [3.05, 3.63) is 29.8 Å². The summed E-state index contributed by atoms with van der Waals surface area (Å²) in [6.45, 7) is 6.65. The Kier molecular flexibility index (Phi) is 6.84. The molecule has 0 radical (unpaired) electrons. The predicted octanol–water partition coefficient (Wildman–Crippen LogP) is 1.94. The van der Waals surface area contributed by atoms with Crippen LogP contribution in [0.2, 0.25) is 0 Å². The SMILES string of the molecule is CCS(=O)(=O)N1CCC[C@@H](C(=O)N[C@H](C)COc2ccccc2C)C1. The summed E-state index contributed by atoms with van der Waals surface area (Å²) < 4.78 is 31.2. The number of nitrogens with one attached hydrogen (secondary N) is 1. The van der Waals surface area contributed by atoms with E-state index >= 15 is 0 Å². The van der Waals surface area contributed by atoms with Gasteiger partial charge in [0.2, 0.25) is 15.9 Å². The Hall–Kier alpha value is -1.60. The van der Waals surface area contributed by atoms with Crippen molar-refractivity contribution in [1.29, 1.82) is 0 Å². The Balaban J connectivity index is 1.85. The second kappa shape index (κ2) is 8.67. The lowest BCUT2D eigenvalue weighted by atomic mass is 9.98. The minimum absolute atomic E-state index is 0.0714. The highest BCUT2D eigenvalue weighted by Crippen LogP contribution is 2.20. The maximum atomic E-state index is 12.5. The molecule has 1 aromatic carbocycles. The normalized spacial score (nSPS) is 20.0. The average molecular weight is 368 g/mol. The van der Waals surface area contributed by atoms with Gasteiger partial charge in [-0.05, 0) is 45.2 Å². The number of piperidine rings is 1. The van der Waals surface area contributed by atoms with Crippen molar-refractivity contribution in [2.24, 2.45) is 5.92 Å². The van der Waals surface area contributed by atoms with Crippen molar-refractivity contribution in [1.82, 2.24) is 9.62 Å². The second-order valence-corrected chi connectivity index (χ2v) is 8.84. The van der Waals surface area contributed by atoms with Gasteiger partial charge in [0.25, 0.3) is 0 Å². The Morgan fingerprint density at radius 1 is 1.40 bits per heavy atom. The molecular formula is C18H28N2O4S. The zero-order chi connectivity index (χ0) is 18.4. The molecule has 2 rings (SSSR count). The van der Waals surface area contributed by atoms with E-state index in [1.807, 2.05) is 38.1 Å². The molecule has 1 fully saturated rings. The summed E-state index contributed by atoms with van der Waals surface area (Å²) in [5.74, 6) is 0.483. The lowest BCUT2D eigenvalue weighted by Gasteiger charge is -2.31. The monoisotopic (exact) mass is 368 g/mol. The molecule has 2 atom stereocenters. The zero-order valence-electron chi connectivity index (χ0n) is 15.2. The molecule has 0 bridgehead atoms. The van der Waals surface area contributed by atoms with E-state index in [1.54, 1.807) is 6.92 Å². The van der Waals surface area contributed by atoms with Gasteiger partial charge in [-0.2, -0.15) is 0 Å². The summed E-state index contributed by atoms with van der Waals surface area (Å²) in [7, 11) is -3.24. The van der Waals surface area contributed by atoms with Crippen LogP contribution in [0.25, 0.3) is 0 Å². The van der Waals surface area contributed by atoms with E-state index in [1.165, 1.54) is 4.31 Å². The van der Waals surface area contributed by atoms with Gasteiger partial charge in [-0.15, -0.1) is 0 Å². The molecule has 7 heteroatoms. The maximum absolute atomic E-state index is 12.5. The fourth-order valence-corrected chi connectivity index (χ4v) is 4.11. The van der Waals surface area contributed by atoms with Crippen molar-refractivity contribution in [3.63, 3.8) is 0 Å². The van der Waals surface area contributed by atoms with Crippen LogP contribution in [0.5, 0.6) is 5.75 Å². The lowest BCUT2D eigenvalue weighted by molar-refractivity contribution is -0.126. The van der Waals surface area contributed by atoms with Crippen LogP contribution < -0.4 is 10.1 Å². The van der Waals surface area contributed by atoms with E-state index in [0.29, 0.717) is 26.0 Å². The largest absolute Gasteiger partial charge is 0.491 e. The van der Waals surface area contributed by atoms with Gasteiger partial charge in [-0.25, -0.2) is 12.7 Å². The lowest BCUT2D eigenvalue weighted by Crippen LogP contribution is -2.48. The average Bonchev–Trinajstić information content (AvgIpc) is 2.61. The van der Waals surface area contributed by atoms with Crippen LogP contribution in [0.3, 0.4) is 0 Å². The summed E-state index contributed by atoms with van der Waals surface area (Å²) in [6, 6.07) is 7.59. The van der Waals surface area contributed by atoms with Crippen molar-refractivity contribution in [2.75, 3.05) is 25.4 Å². The molecule has 1 aliphatic rings. The Morgan fingerprint density at radius 2 is 2.12 bits per heavy atom. The highest BCUT2D eigenvalue weighted by molar-refractivity contribution is 7.89. The molecule has 1 amide bonds. The van der Waals surface area contributed by atoms with Crippen LogP contribution in [-0.4, -0.2) is 50.1 Å². The van der Waals surface area contributed by atoms with Crippen LogP contribution in [0.15, 0.2) is 24.3 Å². The number of sulfonamides is 1. The first-order valence-corrected chi connectivity index (χ1v) is 10.4. The van der Waals surface area contributed by atoms with E-state index in [0.717, 1.165) is 11.3 Å². The molecular weight excluding hydrogens is 340 g/mol. The molecule has 6 nitrogen and oxygen atoms in total. The molecule has 0 saturated carbocycles. The molecule has 1 aliphatic heterocycles. The predicted molar refractivity (Wildman–Crippen MR) is 98.0 cm³/mol. The maximum Gasteiger partial charge on any atom is 0.224 e. The standard InChI is InChI=1S/C18H28N2O4S/c1-4-25(22,23)20-11-7-9-16(12-20)18(21)19-15(3)13-24-17-10-6-5-8-14(17)2/h5-6,8,10,15-16H,4,7,9,11-13H2,1-3H3,(H,19,21)/t15-,16-/m1/s1. The molecule has 0 aromatic heterocycles. The summed E-state index contributed by atoms with van der Waals surface area (Å²) in [6.07, 6.45) is 1.43. The van der Waals surface area contributed by atoms with Crippen molar-refractivity contribution in [3.8, 4) is 5.75 Å². The number of hydrogen-bond acceptors (Lipinski definition) is 4. The molecule has 1 aromatic rings. The zero-order valence-corrected chi connectivity index (χ0v) is 16.0. The topological polar surface area (TPSA) is 75.7 Å². The van der Waals surface area contributed by atoms with Crippen molar-refractivity contribution < 1.29 is 17.9 Å². The molecule has 1 N–H and O–H groups in total. The number of carbonyl (C=O) groups excluding carboxylic acids is 1. The quantitative estimate of drug-likeness (QED) is 0.798. The number of nitrogens with zero attached hydrogens (tertiary/aromatic N) is 1. The molecule has 25 heavy (non-hydrogen) atoms. The van der Waals surface area contributed by atoms with Gasteiger partial charge in [-0.1, -0.05) is 18.2 Å². The molecule has 1 saturated heterocycles. The Bertz CT molecular complexity index is 690. The first-order valence-electron chi connectivity index (χ1n) is 8.80. The van der Waals surface area contributed by atoms with Crippen LogP contribution in [0, 0.1) is 12.8 Å². The molecule has 140 valence electrons. The Morgan fingerprint density at radius 3 is 2.80 bits per heavy atom. The number of carbonyl (C=O) groups is 1. The van der Waals surface area contributed by atoms with Gasteiger partial charge in [0.05, 0.1) is 17.7 Å². The van der Waals surface area contributed by atoms with Gasteiger partial charge < -0.3 is 10.1 Å². The molecule has 0 unspecified atom stereocenters. The summed E-state index contributed by atoms with van der Waals surface area (Å²) in [5.41, 5.74) is 1.05. The number of hydrogen-bond donors (Lipinski definition) is 1. The van der Waals surface area contributed by atoms with E-state index in [9.17, 15) is 13.2 Å². The van der Waals surface area contributed by atoms with Gasteiger partial charge in [0.15, 0.2) is 0 Å². The summed E-state index contributed by atoms with van der Waals surface area (Å²) in [4.78, 5) is 12.5. The van der Waals surface area contributed by atoms with Crippen molar-refractivity contribution in [2.45, 2.75) is 39.7 Å². The van der Waals surface area contributed by atoms with E-state index in [2.05, 4.69) is 5.32 Å². The van der Waals surface area contributed by atoms with E-state index in [4.69, 9.17) is 4.74 Å². The number of benzene rings is 1. The smallest absolute Gasteiger partial charge is 0.224 e.